The van der Waals surface area contributed by atoms with Crippen molar-refractivity contribution >= 4 is 32.7 Å². The van der Waals surface area contributed by atoms with Gasteiger partial charge in [0.2, 0.25) is 0 Å². The molecule has 27 heavy (non-hydrogen) atoms. The van der Waals surface area contributed by atoms with Gasteiger partial charge in [-0.1, -0.05) is 34.1 Å². The number of halogens is 1. The number of fused-ring (bicyclic) bond motifs is 1. The second-order valence-electron chi connectivity index (χ2n) is 5.97. The molecule has 6 heteroatoms. The predicted octanol–water partition coefficient (Wildman–Crippen LogP) is 5.08. The van der Waals surface area contributed by atoms with E-state index in [0.717, 1.165) is 38.1 Å². The van der Waals surface area contributed by atoms with Crippen molar-refractivity contribution in [3.8, 4) is 17.1 Å². The average Bonchev–Trinajstić information content (AvgIpc) is 2.72. The van der Waals surface area contributed by atoms with Crippen molar-refractivity contribution in [3.63, 3.8) is 0 Å². The second kappa shape index (κ2) is 7.72. The minimum Gasteiger partial charge on any atom is -0.496 e. The van der Waals surface area contributed by atoms with E-state index in [9.17, 15) is 0 Å². The first-order valence-electron chi connectivity index (χ1n) is 8.48. The molecule has 2 heterocycles. The highest BCUT2D eigenvalue weighted by Crippen LogP contribution is 2.33. The molecule has 0 saturated heterocycles. The first kappa shape index (κ1) is 17.4. The summed E-state index contributed by atoms with van der Waals surface area (Å²) in [5.41, 5.74) is 2.79. The highest BCUT2D eigenvalue weighted by molar-refractivity contribution is 9.10. The van der Waals surface area contributed by atoms with Gasteiger partial charge >= 0.3 is 0 Å². The van der Waals surface area contributed by atoms with Crippen LogP contribution in [0.3, 0.4) is 0 Å². The molecule has 0 aliphatic rings. The van der Waals surface area contributed by atoms with Crippen LogP contribution in [0.2, 0.25) is 0 Å². The lowest BCUT2D eigenvalue weighted by Gasteiger charge is -2.13. The number of benzene rings is 2. The Labute approximate surface area is 165 Å². The van der Waals surface area contributed by atoms with Crippen molar-refractivity contribution in [2.24, 2.45) is 0 Å². The Morgan fingerprint density at radius 2 is 1.93 bits per heavy atom. The Hall–Kier alpha value is -2.99. The molecule has 0 bridgehead atoms. The zero-order valence-corrected chi connectivity index (χ0v) is 16.3. The monoisotopic (exact) mass is 420 g/mol. The van der Waals surface area contributed by atoms with Crippen LogP contribution in [0, 0.1) is 0 Å². The SMILES string of the molecule is COc1ccc(Br)cc1-c1nc(NCc2cccnc2)c2ccccc2n1. The lowest BCUT2D eigenvalue weighted by molar-refractivity contribution is 0.416. The van der Waals surface area contributed by atoms with Crippen molar-refractivity contribution in [2.75, 3.05) is 12.4 Å². The number of hydrogen-bond donors (Lipinski definition) is 1. The number of nitrogens with zero attached hydrogens (tertiary/aromatic N) is 3. The molecule has 0 unspecified atom stereocenters. The van der Waals surface area contributed by atoms with Gasteiger partial charge in [0.1, 0.15) is 11.6 Å². The fourth-order valence-corrected chi connectivity index (χ4v) is 3.24. The van der Waals surface area contributed by atoms with E-state index in [1.165, 1.54) is 0 Å². The van der Waals surface area contributed by atoms with E-state index in [1.807, 2.05) is 60.8 Å². The Morgan fingerprint density at radius 1 is 1.04 bits per heavy atom. The Bertz CT molecular complexity index is 1090. The van der Waals surface area contributed by atoms with Crippen LogP contribution in [-0.2, 0) is 6.54 Å². The molecule has 134 valence electrons. The van der Waals surface area contributed by atoms with Crippen LogP contribution >= 0.6 is 15.9 Å². The molecule has 0 saturated carbocycles. The summed E-state index contributed by atoms with van der Waals surface area (Å²) in [6.07, 6.45) is 3.61. The summed E-state index contributed by atoms with van der Waals surface area (Å²) in [6, 6.07) is 17.7. The van der Waals surface area contributed by atoms with Gasteiger partial charge in [0, 0.05) is 28.8 Å². The molecular weight excluding hydrogens is 404 g/mol. The highest BCUT2D eigenvalue weighted by Gasteiger charge is 2.13. The van der Waals surface area contributed by atoms with Gasteiger partial charge in [-0.05, 0) is 42.0 Å². The van der Waals surface area contributed by atoms with Crippen molar-refractivity contribution in [1.82, 2.24) is 15.0 Å². The highest BCUT2D eigenvalue weighted by atomic mass is 79.9. The summed E-state index contributed by atoms with van der Waals surface area (Å²) in [5.74, 6) is 2.12. The smallest absolute Gasteiger partial charge is 0.165 e. The normalized spacial score (nSPS) is 10.7. The van der Waals surface area contributed by atoms with Gasteiger partial charge in [-0.25, -0.2) is 9.97 Å². The summed E-state index contributed by atoms with van der Waals surface area (Å²) in [6.45, 7) is 0.629. The van der Waals surface area contributed by atoms with Gasteiger partial charge in [0.05, 0.1) is 18.2 Å². The predicted molar refractivity (Wildman–Crippen MR) is 111 cm³/mol. The molecule has 0 aliphatic heterocycles. The van der Waals surface area contributed by atoms with Gasteiger partial charge in [-0.3, -0.25) is 4.98 Å². The molecule has 0 radical (unpaired) electrons. The summed E-state index contributed by atoms with van der Waals surface area (Å²) in [7, 11) is 1.65. The molecule has 5 nitrogen and oxygen atoms in total. The first-order chi connectivity index (χ1) is 13.2. The lowest BCUT2D eigenvalue weighted by atomic mass is 10.1. The number of methoxy groups -OCH3 is 1. The maximum absolute atomic E-state index is 5.51. The summed E-state index contributed by atoms with van der Waals surface area (Å²) >= 11 is 3.52. The van der Waals surface area contributed by atoms with E-state index in [4.69, 9.17) is 14.7 Å². The number of rotatable bonds is 5. The first-order valence-corrected chi connectivity index (χ1v) is 9.27. The number of pyridine rings is 1. The van der Waals surface area contributed by atoms with E-state index in [1.54, 1.807) is 13.3 Å². The number of para-hydroxylation sites is 1. The van der Waals surface area contributed by atoms with Gasteiger partial charge < -0.3 is 10.1 Å². The molecule has 1 N–H and O–H groups in total. The van der Waals surface area contributed by atoms with Crippen LogP contribution in [0.15, 0.2) is 71.5 Å². The summed E-state index contributed by atoms with van der Waals surface area (Å²) in [4.78, 5) is 13.7. The fourth-order valence-electron chi connectivity index (χ4n) is 2.88. The fraction of sp³-hybridized carbons (Fsp3) is 0.0952. The molecule has 4 aromatic rings. The van der Waals surface area contributed by atoms with E-state index < -0.39 is 0 Å². The minimum absolute atomic E-state index is 0.612. The van der Waals surface area contributed by atoms with E-state index in [2.05, 4.69) is 26.2 Å². The lowest BCUT2D eigenvalue weighted by Crippen LogP contribution is -2.05. The third-order valence-corrected chi connectivity index (χ3v) is 4.68. The van der Waals surface area contributed by atoms with Crippen LogP contribution in [-0.4, -0.2) is 22.1 Å². The third-order valence-electron chi connectivity index (χ3n) is 4.19. The third kappa shape index (κ3) is 3.75. The number of anilines is 1. The average molecular weight is 421 g/mol. The van der Waals surface area contributed by atoms with Gasteiger partial charge in [0.25, 0.3) is 0 Å². The molecule has 2 aromatic heterocycles. The second-order valence-corrected chi connectivity index (χ2v) is 6.89. The molecule has 2 aromatic carbocycles. The van der Waals surface area contributed by atoms with Crippen molar-refractivity contribution in [2.45, 2.75) is 6.54 Å². The topological polar surface area (TPSA) is 59.9 Å². The van der Waals surface area contributed by atoms with Gasteiger partial charge in [-0.15, -0.1) is 0 Å². The summed E-state index contributed by atoms with van der Waals surface area (Å²) in [5, 5.41) is 4.39. The van der Waals surface area contributed by atoms with Crippen molar-refractivity contribution in [3.05, 3.63) is 77.0 Å². The Kier molecular flexibility index (Phi) is 4.98. The van der Waals surface area contributed by atoms with Gasteiger partial charge in [0.15, 0.2) is 5.82 Å². The maximum Gasteiger partial charge on any atom is 0.165 e. The molecule has 0 fully saturated rings. The summed E-state index contributed by atoms with van der Waals surface area (Å²) < 4.78 is 6.45. The number of hydrogen-bond acceptors (Lipinski definition) is 5. The molecule has 4 rings (SSSR count). The molecular formula is C21H17BrN4O. The molecule has 0 aliphatic carbocycles. The quantitative estimate of drug-likeness (QED) is 0.487. The van der Waals surface area contributed by atoms with E-state index >= 15 is 0 Å². The zero-order chi connectivity index (χ0) is 18.6. The Balaban J connectivity index is 1.80. The van der Waals surface area contributed by atoms with Crippen molar-refractivity contribution in [1.29, 1.82) is 0 Å². The van der Waals surface area contributed by atoms with Crippen LogP contribution in [0.5, 0.6) is 5.75 Å². The van der Waals surface area contributed by atoms with Crippen LogP contribution in [0.25, 0.3) is 22.3 Å². The van der Waals surface area contributed by atoms with Crippen molar-refractivity contribution < 1.29 is 4.74 Å². The number of aromatic nitrogens is 3. The standard InChI is InChI=1S/C21H17BrN4O/c1-27-19-9-8-15(22)11-17(19)21-25-18-7-3-2-6-16(18)20(26-21)24-13-14-5-4-10-23-12-14/h2-12H,13H2,1H3,(H,24,25,26). The van der Waals surface area contributed by atoms with E-state index in [0.29, 0.717) is 12.4 Å². The van der Waals surface area contributed by atoms with Crippen LogP contribution in [0.4, 0.5) is 5.82 Å². The van der Waals surface area contributed by atoms with Crippen LogP contribution < -0.4 is 10.1 Å². The molecule has 0 atom stereocenters. The number of ether oxygens (including phenoxy) is 1. The maximum atomic E-state index is 5.51. The minimum atomic E-state index is 0.612. The molecule has 0 amide bonds. The van der Waals surface area contributed by atoms with E-state index in [-0.39, 0.29) is 0 Å². The Morgan fingerprint density at radius 3 is 2.74 bits per heavy atom. The largest absolute Gasteiger partial charge is 0.496 e. The molecule has 0 spiro atoms. The number of nitrogens with one attached hydrogen (secondary N) is 1. The van der Waals surface area contributed by atoms with Crippen LogP contribution in [0.1, 0.15) is 5.56 Å². The van der Waals surface area contributed by atoms with Gasteiger partial charge in [-0.2, -0.15) is 0 Å². The zero-order valence-electron chi connectivity index (χ0n) is 14.7.